The maximum absolute atomic E-state index is 11.7. The van der Waals surface area contributed by atoms with Crippen LogP contribution in [0, 0.1) is 0 Å². The van der Waals surface area contributed by atoms with E-state index in [-0.39, 0.29) is 0 Å². The van der Waals surface area contributed by atoms with Crippen molar-refractivity contribution >= 4 is 18.3 Å². The van der Waals surface area contributed by atoms with Crippen LogP contribution in [0.4, 0.5) is 4.79 Å². The lowest BCUT2D eigenvalue weighted by atomic mass is 10.1. The van der Waals surface area contributed by atoms with Gasteiger partial charge in [0.15, 0.2) is 0 Å². The van der Waals surface area contributed by atoms with Crippen LogP contribution in [0.2, 0.25) is 0 Å². The van der Waals surface area contributed by atoms with Gasteiger partial charge in [0.25, 0.3) is 0 Å². The van der Waals surface area contributed by atoms with E-state index in [4.69, 9.17) is 16.6 Å². The van der Waals surface area contributed by atoms with Gasteiger partial charge in [0, 0.05) is 0 Å². The molecule has 0 aromatic heterocycles. The van der Waals surface area contributed by atoms with Crippen molar-refractivity contribution in [2.75, 3.05) is 13.1 Å². The van der Waals surface area contributed by atoms with Crippen molar-refractivity contribution in [2.24, 2.45) is 11.5 Å². The van der Waals surface area contributed by atoms with Crippen molar-refractivity contribution in [3.8, 4) is 0 Å². The number of carbonyl (C=O) groups is 3. The van der Waals surface area contributed by atoms with Crippen molar-refractivity contribution < 1.29 is 19.5 Å². The first-order valence-electron chi connectivity index (χ1n) is 7.20. The zero-order valence-corrected chi connectivity index (χ0v) is 12.2. The first-order valence-corrected chi connectivity index (χ1v) is 7.20. The highest BCUT2D eigenvalue weighted by Crippen LogP contribution is 2.02. The lowest BCUT2D eigenvalue weighted by Crippen LogP contribution is -2.49. The number of carbonyl (C=O) groups excluding carboxylic acids is 2. The van der Waals surface area contributed by atoms with Crippen molar-refractivity contribution in [3.05, 3.63) is 0 Å². The molecule has 0 aliphatic carbocycles. The fraction of sp³-hybridized carbons (Fsp3) is 0.769. The average molecular weight is 302 g/mol. The molecule has 2 atom stereocenters. The average Bonchev–Trinajstić information content (AvgIpc) is 2.45. The molecule has 0 spiro atoms. The summed E-state index contributed by atoms with van der Waals surface area (Å²) in [6, 6.07) is -2.26. The van der Waals surface area contributed by atoms with Crippen LogP contribution < -0.4 is 22.1 Å². The van der Waals surface area contributed by atoms with Gasteiger partial charge < -0.3 is 32.0 Å². The van der Waals surface area contributed by atoms with E-state index in [1.165, 1.54) is 0 Å². The molecule has 8 nitrogen and oxygen atoms in total. The molecule has 0 aromatic rings. The number of nitrogens with one attached hydrogen (secondary N) is 2. The summed E-state index contributed by atoms with van der Waals surface area (Å²) in [5.41, 5.74) is 10.7. The van der Waals surface area contributed by atoms with Crippen LogP contribution in [0.15, 0.2) is 0 Å². The zero-order chi connectivity index (χ0) is 16.1. The van der Waals surface area contributed by atoms with Gasteiger partial charge in [0.1, 0.15) is 12.3 Å². The molecule has 0 aromatic carbocycles. The largest absolute Gasteiger partial charge is 0.480 e. The van der Waals surface area contributed by atoms with Crippen molar-refractivity contribution in [1.82, 2.24) is 10.6 Å². The van der Waals surface area contributed by atoms with Crippen LogP contribution in [0.5, 0.6) is 0 Å². The minimum Gasteiger partial charge on any atom is -0.480 e. The molecular weight excluding hydrogens is 276 g/mol. The van der Waals surface area contributed by atoms with E-state index in [0.29, 0.717) is 45.1 Å². The molecule has 0 bridgehead atoms. The third kappa shape index (κ3) is 9.80. The Morgan fingerprint density at radius 1 is 1.00 bits per heavy atom. The van der Waals surface area contributed by atoms with E-state index >= 15 is 0 Å². The Morgan fingerprint density at radius 2 is 1.57 bits per heavy atom. The SMILES string of the molecule is NCCCCC(C=O)NC(=O)NC(CCCCN)C(=O)O. The van der Waals surface area contributed by atoms with Crippen LogP contribution in [-0.2, 0) is 9.59 Å². The Bertz CT molecular complexity index is 325. The molecule has 0 rings (SSSR count). The third-order valence-electron chi connectivity index (χ3n) is 3.00. The van der Waals surface area contributed by atoms with Crippen LogP contribution in [0.3, 0.4) is 0 Å². The summed E-state index contributed by atoms with van der Waals surface area (Å²) < 4.78 is 0. The molecule has 0 heterocycles. The highest BCUT2D eigenvalue weighted by atomic mass is 16.4. The maximum atomic E-state index is 11.7. The van der Waals surface area contributed by atoms with E-state index in [1.807, 2.05) is 0 Å². The number of carboxylic acid groups (broad SMARTS) is 1. The number of hydrogen-bond donors (Lipinski definition) is 5. The minimum atomic E-state index is -1.10. The highest BCUT2D eigenvalue weighted by Gasteiger charge is 2.20. The Hall–Kier alpha value is -1.67. The Morgan fingerprint density at radius 3 is 2.05 bits per heavy atom. The fourth-order valence-electron chi connectivity index (χ4n) is 1.80. The number of aliphatic carboxylic acids is 1. The van der Waals surface area contributed by atoms with Crippen molar-refractivity contribution in [2.45, 2.75) is 50.6 Å². The molecule has 122 valence electrons. The fourth-order valence-corrected chi connectivity index (χ4v) is 1.80. The zero-order valence-electron chi connectivity index (χ0n) is 12.2. The molecule has 21 heavy (non-hydrogen) atoms. The van der Waals surface area contributed by atoms with Gasteiger partial charge in [-0.15, -0.1) is 0 Å². The lowest BCUT2D eigenvalue weighted by Gasteiger charge is -2.17. The van der Waals surface area contributed by atoms with Gasteiger partial charge in [0.2, 0.25) is 0 Å². The van der Waals surface area contributed by atoms with E-state index in [9.17, 15) is 14.4 Å². The Balaban J connectivity index is 4.20. The second-order valence-corrected chi connectivity index (χ2v) is 4.82. The van der Waals surface area contributed by atoms with Gasteiger partial charge in [-0.1, -0.05) is 0 Å². The monoisotopic (exact) mass is 302 g/mol. The molecule has 7 N–H and O–H groups in total. The summed E-state index contributed by atoms with van der Waals surface area (Å²) in [5, 5.41) is 13.8. The van der Waals surface area contributed by atoms with Gasteiger partial charge in [-0.3, -0.25) is 0 Å². The van der Waals surface area contributed by atoms with E-state index in [0.717, 1.165) is 12.8 Å². The predicted octanol–water partition coefficient (Wildman–Crippen LogP) is -0.436. The van der Waals surface area contributed by atoms with Gasteiger partial charge in [-0.05, 0) is 51.6 Å². The van der Waals surface area contributed by atoms with Gasteiger partial charge >= 0.3 is 12.0 Å². The molecule has 8 heteroatoms. The van der Waals surface area contributed by atoms with Crippen LogP contribution in [-0.4, -0.2) is 48.6 Å². The van der Waals surface area contributed by atoms with Crippen LogP contribution >= 0.6 is 0 Å². The van der Waals surface area contributed by atoms with Crippen LogP contribution in [0.25, 0.3) is 0 Å². The number of unbranched alkanes of at least 4 members (excludes halogenated alkanes) is 2. The summed E-state index contributed by atoms with van der Waals surface area (Å²) >= 11 is 0. The molecule has 0 aliphatic rings. The lowest BCUT2D eigenvalue weighted by molar-refractivity contribution is -0.139. The van der Waals surface area contributed by atoms with E-state index in [1.54, 1.807) is 0 Å². The second-order valence-electron chi connectivity index (χ2n) is 4.82. The Labute approximate surface area is 124 Å². The first kappa shape index (κ1) is 19.3. The van der Waals surface area contributed by atoms with E-state index in [2.05, 4.69) is 10.6 Å². The van der Waals surface area contributed by atoms with Gasteiger partial charge in [-0.25, -0.2) is 9.59 Å². The first-order chi connectivity index (χ1) is 10.0. The van der Waals surface area contributed by atoms with Crippen molar-refractivity contribution in [1.29, 1.82) is 0 Å². The number of urea groups is 1. The number of hydrogen-bond acceptors (Lipinski definition) is 5. The minimum absolute atomic E-state index is 0.304. The number of rotatable bonds is 12. The summed E-state index contributed by atoms with van der Waals surface area (Å²) in [6.07, 6.45) is 4.23. The number of nitrogens with two attached hydrogens (primary N) is 2. The summed E-state index contributed by atoms with van der Waals surface area (Å²) in [5.74, 6) is -1.10. The molecular formula is C13H26N4O4. The van der Waals surface area contributed by atoms with Crippen LogP contribution in [0.1, 0.15) is 38.5 Å². The van der Waals surface area contributed by atoms with Crippen molar-refractivity contribution in [3.63, 3.8) is 0 Å². The number of aldehydes is 1. The predicted molar refractivity (Wildman–Crippen MR) is 78.8 cm³/mol. The molecule has 2 unspecified atom stereocenters. The Kier molecular flexibility index (Phi) is 11.1. The van der Waals surface area contributed by atoms with Gasteiger partial charge in [0.05, 0.1) is 6.04 Å². The maximum Gasteiger partial charge on any atom is 0.326 e. The molecule has 0 saturated carbocycles. The quantitative estimate of drug-likeness (QED) is 0.244. The topological polar surface area (TPSA) is 148 Å². The summed E-state index contributed by atoms with van der Waals surface area (Å²) in [6.45, 7) is 1.01. The summed E-state index contributed by atoms with van der Waals surface area (Å²) in [4.78, 5) is 33.6. The smallest absolute Gasteiger partial charge is 0.326 e. The van der Waals surface area contributed by atoms with Gasteiger partial charge in [-0.2, -0.15) is 0 Å². The third-order valence-corrected chi connectivity index (χ3v) is 3.00. The molecule has 2 amide bonds. The highest BCUT2D eigenvalue weighted by molar-refractivity contribution is 5.84. The second kappa shape index (κ2) is 12.1. The number of carboxylic acids is 1. The molecule has 0 saturated heterocycles. The molecule has 0 fully saturated rings. The standard InChI is InChI=1S/C13H26N4O4/c14-7-3-1-5-10(9-18)16-13(21)17-11(12(19)20)6-2-4-8-15/h9-11H,1-8,14-15H2,(H,19,20)(H2,16,17,21). The normalized spacial score (nSPS) is 13.2. The number of amides is 2. The molecule has 0 aliphatic heterocycles. The molecule has 0 radical (unpaired) electrons. The summed E-state index contributed by atoms with van der Waals surface area (Å²) in [7, 11) is 0. The van der Waals surface area contributed by atoms with E-state index < -0.39 is 24.1 Å².